The van der Waals surface area contributed by atoms with Crippen LogP contribution in [0.15, 0.2) is 54.7 Å². The first kappa shape index (κ1) is 17.9. The number of aromatic nitrogens is 2. The van der Waals surface area contributed by atoms with Crippen molar-refractivity contribution in [1.29, 1.82) is 0 Å². The number of fused-ring (bicyclic) bond motifs is 1. The van der Waals surface area contributed by atoms with Crippen LogP contribution in [-0.2, 0) is 6.42 Å². The van der Waals surface area contributed by atoms with E-state index in [2.05, 4.69) is 15.3 Å². The molecule has 0 saturated heterocycles. The number of hydrogen-bond donors (Lipinski definition) is 1. The summed E-state index contributed by atoms with van der Waals surface area (Å²) in [6.07, 6.45) is 2.18. The van der Waals surface area contributed by atoms with Crippen molar-refractivity contribution >= 4 is 17.6 Å². The van der Waals surface area contributed by atoms with Gasteiger partial charge in [-0.1, -0.05) is 12.1 Å². The maximum absolute atomic E-state index is 13.2. The Balaban J connectivity index is 1.56. The number of nitrogens with one attached hydrogen (secondary N) is 1. The second-order valence-corrected chi connectivity index (χ2v) is 6.59. The molecule has 0 spiro atoms. The van der Waals surface area contributed by atoms with Gasteiger partial charge in [-0.15, -0.1) is 0 Å². The third-order valence-corrected chi connectivity index (χ3v) is 4.71. The van der Waals surface area contributed by atoms with Crippen LogP contribution in [0.1, 0.15) is 44.3 Å². The highest BCUT2D eigenvalue weighted by Gasteiger charge is 2.28. The lowest BCUT2D eigenvalue weighted by Gasteiger charge is -2.23. The van der Waals surface area contributed by atoms with Crippen LogP contribution < -0.4 is 5.32 Å². The lowest BCUT2D eigenvalue weighted by molar-refractivity contribution is 0.0962. The van der Waals surface area contributed by atoms with Crippen molar-refractivity contribution in [2.24, 2.45) is 0 Å². The first-order chi connectivity index (χ1) is 13.5. The Morgan fingerprint density at radius 2 is 1.61 bits per heavy atom. The molecule has 4 rings (SSSR count). The molecule has 0 saturated carbocycles. The van der Waals surface area contributed by atoms with Crippen LogP contribution in [0.3, 0.4) is 0 Å². The van der Waals surface area contributed by atoms with E-state index >= 15 is 0 Å². The summed E-state index contributed by atoms with van der Waals surface area (Å²) >= 11 is 0. The van der Waals surface area contributed by atoms with Crippen molar-refractivity contribution in [2.75, 3.05) is 5.32 Å². The highest BCUT2D eigenvalue weighted by Crippen LogP contribution is 2.32. The Labute approximate surface area is 159 Å². The van der Waals surface area contributed by atoms with E-state index in [1.54, 1.807) is 12.1 Å². The van der Waals surface area contributed by atoms with E-state index in [-0.39, 0.29) is 29.0 Å². The quantitative estimate of drug-likeness (QED) is 0.749. The maximum atomic E-state index is 13.2. The molecule has 1 N–H and O–H groups in total. The number of benzene rings is 2. The van der Waals surface area contributed by atoms with Crippen molar-refractivity contribution in [3.05, 3.63) is 88.7 Å². The number of ketones is 1. The molecule has 1 aliphatic rings. The molecule has 140 valence electrons. The fraction of sp³-hybridized carbons (Fsp3) is 0.143. The molecule has 0 radical (unpaired) electrons. The molecular weight excluding hydrogens is 364 g/mol. The third-order valence-electron chi connectivity index (χ3n) is 4.71. The average Bonchev–Trinajstić information content (AvgIpc) is 2.68. The predicted octanol–water partition coefficient (Wildman–Crippen LogP) is 3.92. The van der Waals surface area contributed by atoms with E-state index in [0.717, 1.165) is 5.56 Å². The topological polar surface area (TPSA) is 72.0 Å². The number of rotatable bonds is 3. The predicted molar refractivity (Wildman–Crippen MR) is 98.2 cm³/mol. The van der Waals surface area contributed by atoms with Gasteiger partial charge in [-0.3, -0.25) is 14.9 Å². The van der Waals surface area contributed by atoms with Gasteiger partial charge in [0.15, 0.2) is 5.78 Å². The van der Waals surface area contributed by atoms with Gasteiger partial charge in [0.05, 0.1) is 11.3 Å². The van der Waals surface area contributed by atoms with Crippen LogP contribution in [-0.4, -0.2) is 21.7 Å². The standard InChI is InChI=1S/C21H15F2N3O2/c22-15-5-1-12(2-6-15)14-9-18-17(19(27)10-14)11-24-21(25-18)26-20(28)13-3-7-16(23)8-4-13/h1-8,11,14H,9-10H2,(H,24,25,26,28)/t14-/m0/s1. The van der Waals surface area contributed by atoms with Gasteiger partial charge in [0.1, 0.15) is 11.6 Å². The molecule has 2 aromatic carbocycles. The van der Waals surface area contributed by atoms with Gasteiger partial charge >= 0.3 is 0 Å². The normalized spacial score (nSPS) is 15.8. The minimum atomic E-state index is -0.475. The Morgan fingerprint density at radius 1 is 0.964 bits per heavy atom. The van der Waals surface area contributed by atoms with Crippen LogP contribution in [0.4, 0.5) is 14.7 Å². The van der Waals surface area contributed by atoms with Crippen LogP contribution in [0.5, 0.6) is 0 Å². The Hall–Kier alpha value is -3.48. The number of halogens is 2. The number of amides is 1. The molecule has 28 heavy (non-hydrogen) atoms. The summed E-state index contributed by atoms with van der Waals surface area (Å²) in [7, 11) is 0. The van der Waals surface area contributed by atoms with Crippen LogP contribution in [0.2, 0.25) is 0 Å². The lowest BCUT2D eigenvalue weighted by atomic mass is 9.82. The molecule has 1 aromatic heterocycles. The van der Waals surface area contributed by atoms with E-state index in [4.69, 9.17) is 0 Å². The van der Waals surface area contributed by atoms with E-state index < -0.39 is 11.7 Å². The average molecular weight is 379 g/mol. The van der Waals surface area contributed by atoms with E-state index in [1.165, 1.54) is 42.6 Å². The first-order valence-electron chi connectivity index (χ1n) is 8.71. The van der Waals surface area contributed by atoms with Crippen molar-refractivity contribution in [3.63, 3.8) is 0 Å². The van der Waals surface area contributed by atoms with Gasteiger partial charge in [-0.2, -0.15) is 0 Å². The van der Waals surface area contributed by atoms with Gasteiger partial charge in [0, 0.05) is 18.2 Å². The molecule has 0 bridgehead atoms. The minimum absolute atomic E-state index is 0.0700. The summed E-state index contributed by atoms with van der Waals surface area (Å²) in [4.78, 5) is 33.1. The minimum Gasteiger partial charge on any atom is -0.294 e. The number of hydrogen-bond acceptors (Lipinski definition) is 4. The molecule has 3 aromatic rings. The smallest absolute Gasteiger partial charge is 0.258 e. The Bertz CT molecular complexity index is 1050. The Kier molecular flexibility index (Phi) is 4.65. The number of Topliss-reactive ketones (excluding diaryl/α,β-unsaturated/α-hetero) is 1. The van der Waals surface area contributed by atoms with Crippen LogP contribution in [0, 0.1) is 11.6 Å². The van der Waals surface area contributed by atoms with E-state index in [1.807, 2.05) is 0 Å². The summed E-state index contributed by atoms with van der Waals surface area (Å²) in [5, 5.41) is 2.56. The van der Waals surface area contributed by atoms with Gasteiger partial charge in [-0.25, -0.2) is 18.7 Å². The monoisotopic (exact) mass is 379 g/mol. The molecule has 1 amide bonds. The largest absolute Gasteiger partial charge is 0.294 e. The van der Waals surface area contributed by atoms with Crippen molar-refractivity contribution in [3.8, 4) is 0 Å². The summed E-state index contributed by atoms with van der Waals surface area (Å²) in [5.74, 6) is -1.38. The highest BCUT2D eigenvalue weighted by molar-refractivity contribution is 6.03. The fourth-order valence-corrected chi connectivity index (χ4v) is 3.25. The second-order valence-electron chi connectivity index (χ2n) is 6.59. The summed E-state index contributed by atoms with van der Waals surface area (Å²) < 4.78 is 26.1. The maximum Gasteiger partial charge on any atom is 0.258 e. The third kappa shape index (κ3) is 3.64. The van der Waals surface area contributed by atoms with Crippen molar-refractivity contribution < 1.29 is 18.4 Å². The number of carbonyl (C=O) groups is 2. The Morgan fingerprint density at radius 3 is 2.29 bits per heavy atom. The SMILES string of the molecule is O=C(Nc1ncc2c(n1)C[C@H](c1ccc(F)cc1)CC2=O)c1ccc(F)cc1. The molecule has 1 atom stereocenters. The summed E-state index contributed by atoms with van der Waals surface area (Å²) in [6, 6.07) is 11.2. The van der Waals surface area contributed by atoms with Crippen molar-refractivity contribution in [2.45, 2.75) is 18.8 Å². The second kappa shape index (κ2) is 7.26. The van der Waals surface area contributed by atoms with E-state index in [9.17, 15) is 18.4 Å². The van der Waals surface area contributed by atoms with Crippen molar-refractivity contribution in [1.82, 2.24) is 9.97 Å². The molecule has 5 nitrogen and oxygen atoms in total. The zero-order valence-electron chi connectivity index (χ0n) is 14.7. The van der Waals surface area contributed by atoms with Gasteiger partial charge in [0.25, 0.3) is 5.91 Å². The number of anilines is 1. The fourth-order valence-electron chi connectivity index (χ4n) is 3.25. The molecule has 1 aliphatic carbocycles. The highest BCUT2D eigenvalue weighted by atomic mass is 19.1. The van der Waals surface area contributed by atoms with Gasteiger partial charge in [0.2, 0.25) is 5.95 Å². The van der Waals surface area contributed by atoms with Crippen LogP contribution in [0.25, 0.3) is 0 Å². The molecule has 0 fully saturated rings. The first-order valence-corrected chi connectivity index (χ1v) is 8.71. The summed E-state index contributed by atoms with van der Waals surface area (Å²) in [6.45, 7) is 0. The lowest BCUT2D eigenvalue weighted by Crippen LogP contribution is -2.22. The van der Waals surface area contributed by atoms with Crippen LogP contribution >= 0.6 is 0 Å². The molecule has 0 unspecified atom stereocenters. The zero-order chi connectivity index (χ0) is 19.7. The van der Waals surface area contributed by atoms with Gasteiger partial charge < -0.3 is 0 Å². The molecular formula is C21H15F2N3O2. The molecule has 0 aliphatic heterocycles. The molecule has 1 heterocycles. The zero-order valence-corrected chi connectivity index (χ0v) is 14.7. The molecule has 7 heteroatoms. The number of carbonyl (C=O) groups excluding carboxylic acids is 2. The van der Waals surface area contributed by atoms with Gasteiger partial charge in [-0.05, 0) is 54.3 Å². The summed E-state index contributed by atoms with van der Waals surface area (Å²) in [5.41, 5.74) is 2.09. The van der Waals surface area contributed by atoms with E-state index in [0.29, 0.717) is 24.1 Å². The number of nitrogens with zero attached hydrogens (tertiary/aromatic N) is 2.